The third-order valence-corrected chi connectivity index (χ3v) is 1.57. The maximum absolute atomic E-state index is 8.73. The number of aliphatic hydroxyl groups is 1. The first-order chi connectivity index (χ1) is 4.27. The maximum Gasteiger partial charge on any atom is 0.123 e. The molecule has 2 nitrogen and oxygen atoms in total. The zero-order chi connectivity index (χ0) is 6.74. The second-order valence-electron chi connectivity index (χ2n) is 1.94. The average molecular weight is 143 g/mol. The zero-order valence-corrected chi connectivity index (χ0v) is 5.81. The van der Waals surface area contributed by atoms with Crippen molar-refractivity contribution in [3.8, 4) is 0 Å². The van der Waals surface area contributed by atoms with Crippen LogP contribution in [-0.4, -0.2) is 16.6 Å². The van der Waals surface area contributed by atoms with Crippen LogP contribution in [0.1, 0.15) is 0 Å². The Hall–Kier alpha value is -0.410. The third kappa shape index (κ3) is 1.50. The van der Waals surface area contributed by atoms with Gasteiger partial charge in [0.1, 0.15) is 4.87 Å². The molecule has 1 rings (SSSR count). The number of hydrogen-bond acceptors (Lipinski definition) is 3. The average Bonchev–Trinajstić information content (AvgIpc) is 1.90. The fourth-order valence-electron chi connectivity index (χ4n) is 0.609. The molecule has 0 aromatic carbocycles. The van der Waals surface area contributed by atoms with Crippen LogP contribution in [0.3, 0.4) is 0 Å². The van der Waals surface area contributed by atoms with Gasteiger partial charge in [0.15, 0.2) is 0 Å². The van der Waals surface area contributed by atoms with Crippen LogP contribution >= 0.6 is 12.6 Å². The lowest BCUT2D eigenvalue weighted by atomic mass is 10.2. The van der Waals surface area contributed by atoms with Gasteiger partial charge in [-0.2, -0.15) is 0 Å². The van der Waals surface area contributed by atoms with E-state index in [9.17, 15) is 0 Å². The van der Waals surface area contributed by atoms with Gasteiger partial charge < -0.3 is 10.4 Å². The highest BCUT2D eigenvalue weighted by atomic mass is 32.1. The van der Waals surface area contributed by atoms with Gasteiger partial charge in [0.2, 0.25) is 0 Å². The fourth-order valence-corrected chi connectivity index (χ4v) is 0.770. The molecule has 0 spiro atoms. The number of thiol groups is 1. The lowest BCUT2D eigenvalue weighted by molar-refractivity contribution is 0.259. The molecule has 9 heavy (non-hydrogen) atoms. The first-order valence-electron chi connectivity index (χ1n) is 2.72. The SMILES string of the molecule is OCC1(S)C=CC=CN1. The van der Waals surface area contributed by atoms with Crippen molar-refractivity contribution in [2.24, 2.45) is 0 Å². The Morgan fingerprint density at radius 3 is 2.67 bits per heavy atom. The first-order valence-corrected chi connectivity index (χ1v) is 3.17. The smallest absolute Gasteiger partial charge is 0.123 e. The van der Waals surface area contributed by atoms with Crippen molar-refractivity contribution in [1.29, 1.82) is 0 Å². The second kappa shape index (κ2) is 2.45. The molecular formula is C6H9NOS. The van der Waals surface area contributed by atoms with Crippen molar-refractivity contribution in [2.75, 3.05) is 6.61 Å². The molecule has 1 aliphatic heterocycles. The predicted octanol–water partition coefficient (Wildman–Crippen LogP) is 0.278. The normalized spacial score (nSPS) is 32.2. The van der Waals surface area contributed by atoms with E-state index in [4.69, 9.17) is 5.11 Å². The van der Waals surface area contributed by atoms with Crippen molar-refractivity contribution in [3.63, 3.8) is 0 Å². The summed E-state index contributed by atoms with van der Waals surface area (Å²) in [5.74, 6) is 0. The van der Waals surface area contributed by atoms with E-state index in [0.717, 1.165) is 0 Å². The number of hydrogen-bond donors (Lipinski definition) is 3. The first kappa shape index (κ1) is 6.71. The summed E-state index contributed by atoms with van der Waals surface area (Å²) in [6, 6.07) is 0. The number of rotatable bonds is 1. The molecule has 1 aliphatic rings. The van der Waals surface area contributed by atoms with Crippen molar-refractivity contribution < 1.29 is 5.11 Å². The molecule has 0 bridgehead atoms. The van der Waals surface area contributed by atoms with E-state index in [0.29, 0.717) is 0 Å². The molecule has 3 heteroatoms. The summed E-state index contributed by atoms with van der Waals surface area (Å²) in [6.07, 6.45) is 7.25. The highest BCUT2D eigenvalue weighted by Crippen LogP contribution is 2.13. The fraction of sp³-hybridized carbons (Fsp3) is 0.333. The highest BCUT2D eigenvalue weighted by Gasteiger charge is 2.18. The van der Waals surface area contributed by atoms with Gasteiger partial charge in [0, 0.05) is 0 Å². The van der Waals surface area contributed by atoms with Crippen molar-refractivity contribution in [1.82, 2.24) is 5.32 Å². The van der Waals surface area contributed by atoms with Crippen LogP contribution in [-0.2, 0) is 0 Å². The van der Waals surface area contributed by atoms with Gasteiger partial charge >= 0.3 is 0 Å². The van der Waals surface area contributed by atoms with E-state index >= 15 is 0 Å². The molecule has 0 radical (unpaired) electrons. The van der Waals surface area contributed by atoms with E-state index in [1.54, 1.807) is 12.3 Å². The Bertz CT molecular complexity index is 155. The minimum Gasteiger partial charge on any atom is -0.393 e. The molecule has 0 fully saturated rings. The van der Waals surface area contributed by atoms with Crippen molar-refractivity contribution >= 4 is 12.6 Å². The summed E-state index contributed by atoms with van der Waals surface area (Å²) >= 11 is 4.15. The van der Waals surface area contributed by atoms with Crippen molar-refractivity contribution in [2.45, 2.75) is 4.87 Å². The summed E-state index contributed by atoms with van der Waals surface area (Å²) in [4.78, 5) is -0.547. The Balaban J connectivity index is 2.63. The van der Waals surface area contributed by atoms with Gasteiger partial charge in [-0.15, -0.1) is 12.6 Å². The Morgan fingerprint density at radius 2 is 2.33 bits per heavy atom. The minimum absolute atomic E-state index is 0.00302. The summed E-state index contributed by atoms with van der Waals surface area (Å²) in [5.41, 5.74) is 0. The molecule has 1 atom stereocenters. The molecule has 0 aliphatic carbocycles. The molecule has 0 saturated heterocycles. The Morgan fingerprint density at radius 1 is 1.56 bits per heavy atom. The van der Waals surface area contributed by atoms with E-state index in [2.05, 4.69) is 17.9 Å². The van der Waals surface area contributed by atoms with E-state index in [-0.39, 0.29) is 6.61 Å². The zero-order valence-electron chi connectivity index (χ0n) is 4.91. The van der Waals surface area contributed by atoms with Crippen LogP contribution in [0.2, 0.25) is 0 Å². The molecule has 50 valence electrons. The predicted molar refractivity (Wildman–Crippen MR) is 40.2 cm³/mol. The van der Waals surface area contributed by atoms with Crippen LogP contribution in [0.5, 0.6) is 0 Å². The molecule has 1 unspecified atom stereocenters. The number of nitrogens with one attached hydrogen (secondary N) is 1. The van der Waals surface area contributed by atoms with Gasteiger partial charge in [-0.3, -0.25) is 0 Å². The Kier molecular flexibility index (Phi) is 1.83. The maximum atomic E-state index is 8.73. The van der Waals surface area contributed by atoms with E-state index in [1.165, 1.54) is 0 Å². The molecule has 0 aromatic heterocycles. The van der Waals surface area contributed by atoms with E-state index in [1.807, 2.05) is 12.2 Å². The van der Waals surface area contributed by atoms with Gasteiger partial charge in [-0.05, 0) is 18.4 Å². The largest absolute Gasteiger partial charge is 0.393 e. The molecule has 2 N–H and O–H groups in total. The van der Waals surface area contributed by atoms with Gasteiger partial charge in [-0.1, -0.05) is 6.08 Å². The van der Waals surface area contributed by atoms with E-state index < -0.39 is 4.87 Å². The molecule has 0 saturated carbocycles. The summed E-state index contributed by atoms with van der Waals surface area (Å²) in [5, 5.41) is 11.6. The standard InChI is InChI=1S/C6H9NOS/c8-5-6(9)3-1-2-4-7-6/h1-4,7-9H,5H2. The van der Waals surface area contributed by atoms with Crippen LogP contribution in [0.15, 0.2) is 24.4 Å². The minimum atomic E-state index is -0.547. The topological polar surface area (TPSA) is 32.3 Å². The number of allylic oxidation sites excluding steroid dienone is 2. The molecule has 0 amide bonds. The van der Waals surface area contributed by atoms with Crippen LogP contribution in [0.25, 0.3) is 0 Å². The lowest BCUT2D eigenvalue weighted by Crippen LogP contribution is -2.39. The summed E-state index contributed by atoms with van der Waals surface area (Å²) in [6.45, 7) is -0.00302. The van der Waals surface area contributed by atoms with Crippen molar-refractivity contribution in [3.05, 3.63) is 24.4 Å². The lowest BCUT2D eigenvalue weighted by Gasteiger charge is -2.24. The van der Waals surface area contributed by atoms with Crippen LogP contribution in [0.4, 0.5) is 0 Å². The van der Waals surface area contributed by atoms with Crippen LogP contribution in [0, 0.1) is 0 Å². The highest BCUT2D eigenvalue weighted by molar-refractivity contribution is 7.82. The van der Waals surface area contributed by atoms with Gasteiger partial charge in [0.05, 0.1) is 6.61 Å². The van der Waals surface area contributed by atoms with Gasteiger partial charge in [0.25, 0.3) is 0 Å². The molecule has 0 aromatic rings. The summed E-state index contributed by atoms with van der Waals surface area (Å²) in [7, 11) is 0. The molecule has 1 heterocycles. The second-order valence-corrected chi connectivity index (χ2v) is 2.74. The molecular weight excluding hydrogens is 134 g/mol. The third-order valence-electron chi connectivity index (χ3n) is 1.15. The summed E-state index contributed by atoms with van der Waals surface area (Å²) < 4.78 is 0. The number of aliphatic hydroxyl groups excluding tert-OH is 1. The number of dihydropyridines is 1. The quantitative estimate of drug-likeness (QED) is 0.461. The van der Waals surface area contributed by atoms with Gasteiger partial charge in [-0.25, -0.2) is 0 Å². The Labute approximate surface area is 59.7 Å². The monoisotopic (exact) mass is 143 g/mol. The van der Waals surface area contributed by atoms with Crippen LogP contribution < -0.4 is 5.32 Å².